The van der Waals surface area contributed by atoms with Gasteiger partial charge in [-0.25, -0.2) is 14.6 Å². The lowest BCUT2D eigenvalue weighted by atomic mass is 9.96. The maximum Gasteiger partial charge on any atom is 0.379 e. The monoisotopic (exact) mass is 604 g/mol. The Labute approximate surface area is 249 Å². The number of allylic oxidation sites excluding steroid dienone is 1. The van der Waals surface area contributed by atoms with Crippen LogP contribution in [0.15, 0.2) is 86.3 Å². The maximum atomic E-state index is 13.9. The van der Waals surface area contributed by atoms with Crippen molar-refractivity contribution < 1.29 is 37.7 Å². The fraction of sp³-hybridized carbons (Fsp3) is 0.226. The number of nitrogens with zero attached hydrogens (tertiary/aromatic N) is 2. The van der Waals surface area contributed by atoms with E-state index in [1.165, 1.54) is 42.5 Å². The van der Waals surface area contributed by atoms with Gasteiger partial charge in [0.25, 0.3) is 5.56 Å². The summed E-state index contributed by atoms with van der Waals surface area (Å²) in [6.07, 6.45) is 3.09. The van der Waals surface area contributed by atoms with Crippen LogP contribution in [0, 0.1) is 0 Å². The molecule has 2 aromatic heterocycles. The van der Waals surface area contributed by atoms with Crippen molar-refractivity contribution in [2.45, 2.75) is 13.0 Å². The summed E-state index contributed by atoms with van der Waals surface area (Å²) in [6, 6.07) is 14.0. The van der Waals surface area contributed by atoms with E-state index in [0.29, 0.717) is 37.7 Å². The number of hydrogen-bond acceptors (Lipinski definition) is 11. The average Bonchev–Trinajstić information content (AvgIpc) is 3.66. The standard InChI is InChI=1S/C31H28N2O9S/c1-18-26(30(36)41-15-14-37-2)27(19-7-10-21(11-8-19)42-29(35)23-6-5-13-40-23)33-28(34)25(43-31(33)32-18)16-20-9-12-22(38-3)17-24(20)39-4/h5-13,16-17,27H,14-15H2,1-4H3/b25-16-/t27-/m1/s1. The molecule has 0 amide bonds. The summed E-state index contributed by atoms with van der Waals surface area (Å²) in [7, 11) is 4.60. The highest BCUT2D eigenvalue weighted by Crippen LogP contribution is 2.32. The minimum Gasteiger partial charge on any atom is -0.497 e. The van der Waals surface area contributed by atoms with Crippen LogP contribution in [-0.2, 0) is 14.3 Å². The molecule has 222 valence electrons. The molecule has 0 bridgehead atoms. The molecule has 1 aliphatic heterocycles. The highest BCUT2D eigenvalue weighted by molar-refractivity contribution is 7.07. The molecule has 0 fully saturated rings. The molecule has 12 heteroatoms. The van der Waals surface area contributed by atoms with Crippen LogP contribution >= 0.6 is 11.3 Å². The highest BCUT2D eigenvalue weighted by atomic mass is 32.1. The molecule has 1 aliphatic rings. The Hall–Kier alpha value is -4.94. The lowest BCUT2D eigenvalue weighted by Crippen LogP contribution is -2.40. The normalized spacial score (nSPS) is 14.6. The van der Waals surface area contributed by atoms with Crippen LogP contribution in [0.1, 0.15) is 34.6 Å². The summed E-state index contributed by atoms with van der Waals surface area (Å²) in [5.74, 6) is 0.181. The van der Waals surface area contributed by atoms with Crippen molar-refractivity contribution in [2.24, 2.45) is 4.99 Å². The molecule has 0 N–H and O–H groups in total. The Bertz CT molecular complexity index is 1850. The van der Waals surface area contributed by atoms with E-state index >= 15 is 0 Å². The van der Waals surface area contributed by atoms with Crippen molar-refractivity contribution in [3.05, 3.63) is 109 Å². The zero-order valence-electron chi connectivity index (χ0n) is 23.8. The van der Waals surface area contributed by atoms with Crippen molar-refractivity contribution in [2.75, 3.05) is 34.5 Å². The van der Waals surface area contributed by atoms with Crippen molar-refractivity contribution in [1.29, 1.82) is 0 Å². The van der Waals surface area contributed by atoms with Crippen molar-refractivity contribution in [3.63, 3.8) is 0 Å². The van der Waals surface area contributed by atoms with Gasteiger partial charge < -0.3 is 28.1 Å². The lowest BCUT2D eigenvalue weighted by Gasteiger charge is -2.25. The van der Waals surface area contributed by atoms with Crippen LogP contribution < -0.4 is 29.1 Å². The third-order valence-corrected chi connectivity index (χ3v) is 7.60. The van der Waals surface area contributed by atoms with Gasteiger partial charge in [0.1, 0.15) is 23.9 Å². The van der Waals surface area contributed by atoms with Gasteiger partial charge in [0.05, 0.1) is 48.9 Å². The van der Waals surface area contributed by atoms with E-state index in [0.717, 1.165) is 0 Å². The molecule has 0 unspecified atom stereocenters. The van der Waals surface area contributed by atoms with E-state index in [4.69, 9.17) is 28.1 Å². The molecule has 0 aliphatic carbocycles. The number of hydrogen-bond donors (Lipinski definition) is 0. The van der Waals surface area contributed by atoms with Crippen LogP contribution in [0.4, 0.5) is 0 Å². The summed E-state index contributed by atoms with van der Waals surface area (Å²) in [6.45, 7) is 1.94. The Kier molecular flexibility index (Phi) is 8.88. The molecule has 0 spiro atoms. The molecule has 3 heterocycles. The van der Waals surface area contributed by atoms with Gasteiger partial charge in [-0.1, -0.05) is 23.5 Å². The largest absolute Gasteiger partial charge is 0.497 e. The summed E-state index contributed by atoms with van der Waals surface area (Å²) in [5, 5.41) is 0. The SMILES string of the molecule is COCCOC(=O)C1=C(C)N=c2s/c(=C\c3ccc(OC)cc3OC)c(=O)n2[C@@H]1c1ccc(OC(=O)c2ccco2)cc1. The number of carbonyl (C=O) groups is 2. The van der Waals surface area contributed by atoms with Crippen LogP contribution in [0.3, 0.4) is 0 Å². The number of rotatable bonds is 10. The van der Waals surface area contributed by atoms with Gasteiger partial charge in [0.2, 0.25) is 5.76 Å². The second-order valence-corrected chi connectivity index (χ2v) is 10.3. The topological polar surface area (TPSA) is 128 Å². The van der Waals surface area contributed by atoms with Crippen LogP contribution in [0.2, 0.25) is 0 Å². The van der Waals surface area contributed by atoms with Gasteiger partial charge in [-0.3, -0.25) is 9.36 Å². The third kappa shape index (κ3) is 6.15. The Morgan fingerprint density at radius 1 is 1.00 bits per heavy atom. The van der Waals surface area contributed by atoms with E-state index in [-0.39, 0.29) is 35.9 Å². The first kappa shape index (κ1) is 29.5. The predicted octanol–water partition coefficient (Wildman–Crippen LogP) is 3.25. The smallest absolute Gasteiger partial charge is 0.379 e. The Balaban J connectivity index is 1.59. The molecule has 0 saturated carbocycles. The Morgan fingerprint density at radius 2 is 1.77 bits per heavy atom. The first-order chi connectivity index (χ1) is 20.8. The number of fused-ring (bicyclic) bond motifs is 1. The first-order valence-corrected chi connectivity index (χ1v) is 13.9. The Morgan fingerprint density at radius 3 is 2.44 bits per heavy atom. The molecule has 4 aromatic rings. The number of ether oxygens (including phenoxy) is 5. The van der Waals surface area contributed by atoms with Crippen LogP contribution in [0.25, 0.3) is 6.08 Å². The molecule has 11 nitrogen and oxygen atoms in total. The molecule has 43 heavy (non-hydrogen) atoms. The highest BCUT2D eigenvalue weighted by Gasteiger charge is 2.33. The second kappa shape index (κ2) is 12.9. The molecule has 1 atom stereocenters. The van der Waals surface area contributed by atoms with E-state index in [9.17, 15) is 14.4 Å². The minimum atomic E-state index is -0.860. The van der Waals surface area contributed by atoms with Gasteiger partial charge in [-0.05, 0) is 55.0 Å². The average molecular weight is 605 g/mol. The first-order valence-electron chi connectivity index (χ1n) is 13.1. The van der Waals surface area contributed by atoms with Crippen LogP contribution in [0.5, 0.6) is 17.2 Å². The zero-order chi connectivity index (χ0) is 30.5. The number of esters is 2. The fourth-order valence-electron chi connectivity index (χ4n) is 4.54. The van der Waals surface area contributed by atoms with Crippen molar-refractivity contribution in [3.8, 4) is 17.2 Å². The van der Waals surface area contributed by atoms with Crippen LogP contribution in [-0.4, -0.2) is 51.0 Å². The molecule has 0 saturated heterocycles. The third-order valence-electron chi connectivity index (χ3n) is 6.62. The van der Waals surface area contributed by atoms with Gasteiger partial charge in [0.15, 0.2) is 4.80 Å². The van der Waals surface area contributed by atoms with E-state index in [1.807, 2.05) is 0 Å². The van der Waals surface area contributed by atoms with E-state index in [2.05, 4.69) is 4.99 Å². The second-order valence-electron chi connectivity index (χ2n) is 9.25. The number of aromatic nitrogens is 1. The predicted molar refractivity (Wildman–Crippen MR) is 156 cm³/mol. The molecular weight excluding hydrogens is 576 g/mol. The van der Waals surface area contributed by atoms with Gasteiger partial charge in [-0.15, -0.1) is 0 Å². The summed E-state index contributed by atoms with van der Waals surface area (Å²) in [5.41, 5.74) is 1.52. The number of carbonyl (C=O) groups excluding carboxylic acids is 2. The maximum absolute atomic E-state index is 13.9. The number of thiazole rings is 1. The van der Waals surface area contributed by atoms with Gasteiger partial charge in [0, 0.05) is 18.7 Å². The minimum absolute atomic E-state index is 0.0299. The fourth-order valence-corrected chi connectivity index (χ4v) is 5.58. The van der Waals surface area contributed by atoms with Crippen molar-refractivity contribution >= 4 is 29.4 Å². The zero-order valence-corrected chi connectivity index (χ0v) is 24.6. The summed E-state index contributed by atoms with van der Waals surface area (Å²) >= 11 is 1.19. The molecule has 5 rings (SSSR count). The van der Waals surface area contributed by atoms with E-state index < -0.39 is 18.0 Å². The van der Waals surface area contributed by atoms with Gasteiger partial charge in [-0.2, -0.15) is 0 Å². The summed E-state index contributed by atoms with van der Waals surface area (Å²) in [4.78, 5) is 44.7. The molecule has 0 radical (unpaired) electrons. The molecule has 2 aromatic carbocycles. The lowest BCUT2D eigenvalue weighted by molar-refractivity contribution is -0.140. The summed E-state index contributed by atoms with van der Waals surface area (Å²) < 4.78 is 33.6. The number of benzene rings is 2. The number of methoxy groups -OCH3 is 3. The van der Waals surface area contributed by atoms with Gasteiger partial charge >= 0.3 is 11.9 Å². The van der Waals surface area contributed by atoms with E-state index in [1.54, 1.807) is 68.6 Å². The quantitative estimate of drug-likeness (QED) is 0.152. The van der Waals surface area contributed by atoms with Crippen molar-refractivity contribution in [1.82, 2.24) is 4.57 Å². The number of furan rings is 1. The molecular formula is C31H28N2O9S.